The molecule has 3 aromatic rings. The van der Waals surface area contributed by atoms with Crippen molar-refractivity contribution in [1.29, 1.82) is 0 Å². The molecule has 0 radical (unpaired) electrons. The largest absolute Gasteiger partial charge is 0.241 e. The van der Waals surface area contributed by atoms with Crippen LogP contribution in [0.15, 0.2) is 49.1 Å². The van der Waals surface area contributed by atoms with Crippen molar-refractivity contribution < 1.29 is 0 Å². The van der Waals surface area contributed by atoms with Crippen LogP contribution >= 0.6 is 0 Å². The second-order valence-corrected chi connectivity index (χ2v) is 8.83. The van der Waals surface area contributed by atoms with Crippen LogP contribution in [0.4, 0.5) is 0 Å². The molecular weight excluding hydrogens is 334 g/mol. The number of nitrogens with zero attached hydrogens (tertiary/aromatic N) is 5. The van der Waals surface area contributed by atoms with Crippen molar-refractivity contribution in [3.8, 4) is 17.1 Å². The molecule has 5 nitrogen and oxygen atoms in total. The fraction of sp³-hybridized carbons (Fsp3) is 0.455. The van der Waals surface area contributed by atoms with Crippen LogP contribution in [0.25, 0.3) is 17.1 Å². The van der Waals surface area contributed by atoms with Crippen LogP contribution in [0, 0.1) is 17.8 Å². The Bertz CT molecular complexity index is 943. The van der Waals surface area contributed by atoms with Crippen molar-refractivity contribution in [2.24, 2.45) is 17.8 Å². The average Bonchev–Trinajstić information content (AvgIpc) is 3.22. The third-order valence-electron chi connectivity index (χ3n) is 6.96. The van der Waals surface area contributed by atoms with Crippen LogP contribution in [0.5, 0.6) is 0 Å². The first kappa shape index (κ1) is 15.5. The van der Waals surface area contributed by atoms with Crippen LogP contribution < -0.4 is 0 Å². The highest BCUT2D eigenvalue weighted by atomic mass is 15.3. The van der Waals surface area contributed by atoms with Crippen molar-refractivity contribution in [2.45, 2.75) is 43.9 Å². The molecule has 2 aromatic heterocycles. The number of benzene rings is 1. The molecule has 4 bridgehead atoms. The predicted molar refractivity (Wildman–Crippen MR) is 102 cm³/mol. The summed E-state index contributed by atoms with van der Waals surface area (Å²) < 4.78 is 1.87. The molecule has 0 aliphatic heterocycles. The summed E-state index contributed by atoms with van der Waals surface area (Å²) in [4.78, 5) is 14.2. The maximum atomic E-state index is 5.00. The zero-order chi connectivity index (χ0) is 17.8. The molecule has 1 aromatic carbocycles. The summed E-state index contributed by atoms with van der Waals surface area (Å²) in [6.45, 7) is 0. The van der Waals surface area contributed by atoms with E-state index in [0.717, 1.165) is 40.7 Å². The van der Waals surface area contributed by atoms with E-state index in [2.05, 4.69) is 33.3 Å². The topological polar surface area (TPSA) is 56.5 Å². The van der Waals surface area contributed by atoms with E-state index in [1.807, 2.05) is 23.0 Å². The van der Waals surface area contributed by atoms with Crippen LogP contribution in [0.1, 0.15) is 44.3 Å². The van der Waals surface area contributed by atoms with Gasteiger partial charge in [0.2, 0.25) is 0 Å². The summed E-state index contributed by atoms with van der Waals surface area (Å²) >= 11 is 0. The second-order valence-electron chi connectivity index (χ2n) is 8.83. The molecular formula is C22H23N5. The molecule has 0 amide bonds. The van der Waals surface area contributed by atoms with Gasteiger partial charge < -0.3 is 0 Å². The van der Waals surface area contributed by atoms with Gasteiger partial charge in [0, 0.05) is 23.4 Å². The molecule has 0 spiro atoms. The van der Waals surface area contributed by atoms with Gasteiger partial charge in [0.05, 0.1) is 5.69 Å². The van der Waals surface area contributed by atoms with Crippen LogP contribution in [-0.2, 0) is 5.41 Å². The highest BCUT2D eigenvalue weighted by Gasteiger charge is 2.53. The minimum atomic E-state index is 0.200. The van der Waals surface area contributed by atoms with E-state index in [4.69, 9.17) is 4.98 Å². The minimum absolute atomic E-state index is 0.200. The maximum absolute atomic E-state index is 5.00. The van der Waals surface area contributed by atoms with Gasteiger partial charge in [-0.25, -0.2) is 19.6 Å². The molecule has 0 unspecified atom stereocenters. The van der Waals surface area contributed by atoms with Crippen molar-refractivity contribution >= 4 is 0 Å². The van der Waals surface area contributed by atoms with Gasteiger partial charge in [-0.15, -0.1) is 0 Å². The second kappa shape index (κ2) is 5.72. The van der Waals surface area contributed by atoms with E-state index in [1.54, 1.807) is 12.5 Å². The minimum Gasteiger partial charge on any atom is -0.241 e. The SMILES string of the molecule is c1cc(-c2ncnc(C34CC5CC(CC(C5)C3)C4)n2)cc(-n2cccn2)c1. The number of hydrogen-bond donors (Lipinski definition) is 0. The normalized spacial score (nSPS) is 31.3. The standard InChI is InChI=1S/C22H23N5/c1-3-18(10-19(4-1)27-6-2-5-25-27)20-23-14-24-21(26-20)22-11-15-7-16(12-22)9-17(8-15)13-22/h1-6,10,14-17H,7-9,11-13H2. The zero-order valence-corrected chi connectivity index (χ0v) is 15.3. The Morgan fingerprint density at radius 2 is 1.70 bits per heavy atom. The summed E-state index contributed by atoms with van der Waals surface area (Å²) in [6.07, 6.45) is 13.6. The Kier molecular flexibility index (Phi) is 3.28. The fourth-order valence-electron chi connectivity index (χ4n) is 6.28. The predicted octanol–water partition coefficient (Wildman–Crippen LogP) is 4.19. The molecule has 2 heterocycles. The highest BCUT2D eigenvalue weighted by molar-refractivity contribution is 5.58. The van der Waals surface area contributed by atoms with E-state index in [0.29, 0.717) is 0 Å². The molecule has 5 heteroatoms. The van der Waals surface area contributed by atoms with Crippen molar-refractivity contribution in [1.82, 2.24) is 24.7 Å². The molecule has 0 saturated heterocycles. The summed E-state index contributed by atoms with van der Waals surface area (Å²) in [5, 5.41) is 4.33. The highest BCUT2D eigenvalue weighted by Crippen LogP contribution is 2.60. The van der Waals surface area contributed by atoms with Crippen LogP contribution in [-0.4, -0.2) is 24.7 Å². The van der Waals surface area contributed by atoms with E-state index in [-0.39, 0.29) is 5.41 Å². The first-order valence-electron chi connectivity index (χ1n) is 10.1. The Labute approximate surface area is 158 Å². The molecule has 0 atom stereocenters. The van der Waals surface area contributed by atoms with Gasteiger partial charge in [-0.05, 0) is 74.5 Å². The maximum Gasteiger partial charge on any atom is 0.163 e. The summed E-state index contributed by atoms with van der Waals surface area (Å²) in [5.74, 6) is 4.49. The van der Waals surface area contributed by atoms with Crippen molar-refractivity contribution in [3.63, 3.8) is 0 Å². The molecule has 4 aliphatic rings. The monoisotopic (exact) mass is 357 g/mol. The molecule has 4 fully saturated rings. The lowest BCUT2D eigenvalue weighted by Crippen LogP contribution is -2.49. The van der Waals surface area contributed by atoms with Gasteiger partial charge >= 0.3 is 0 Å². The lowest BCUT2D eigenvalue weighted by atomic mass is 9.49. The summed E-state index contributed by atoms with van der Waals surface area (Å²) in [6, 6.07) is 10.2. The Morgan fingerprint density at radius 3 is 2.41 bits per heavy atom. The van der Waals surface area contributed by atoms with E-state index in [1.165, 1.54) is 38.5 Å². The lowest BCUT2D eigenvalue weighted by molar-refractivity contribution is -0.00944. The van der Waals surface area contributed by atoms with Gasteiger partial charge in [-0.3, -0.25) is 0 Å². The smallest absolute Gasteiger partial charge is 0.163 e. The summed E-state index contributed by atoms with van der Waals surface area (Å²) in [7, 11) is 0. The van der Waals surface area contributed by atoms with E-state index < -0.39 is 0 Å². The van der Waals surface area contributed by atoms with Crippen LogP contribution in [0.2, 0.25) is 0 Å². The van der Waals surface area contributed by atoms with Crippen molar-refractivity contribution in [3.05, 3.63) is 54.9 Å². The molecule has 4 aliphatic carbocycles. The Morgan fingerprint density at radius 1 is 0.926 bits per heavy atom. The lowest BCUT2D eigenvalue weighted by Gasteiger charge is -2.55. The van der Waals surface area contributed by atoms with Gasteiger partial charge in [0.25, 0.3) is 0 Å². The third-order valence-corrected chi connectivity index (χ3v) is 6.96. The van der Waals surface area contributed by atoms with Gasteiger partial charge in [-0.2, -0.15) is 5.10 Å². The molecule has 4 saturated carbocycles. The van der Waals surface area contributed by atoms with Gasteiger partial charge in [0.15, 0.2) is 5.82 Å². The van der Waals surface area contributed by atoms with Crippen molar-refractivity contribution in [2.75, 3.05) is 0 Å². The zero-order valence-electron chi connectivity index (χ0n) is 15.3. The van der Waals surface area contributed by atoms with Crippen LogP contribution in [0.3, 0.4) is 0 Å². The first-order chi connectivity index (χ1) is 13.3. The molecule has 136 valence electrons. The first-order valence-corrected chi connectivity index (χ1v) is 10.1. The third kappa shape index (κ3) is 2.52. The van der Waals surface area contributed by atoms with E-state index in [9.17, 15) is 0 Å². The number of aromatic nitrogens is 5. The fourth-order valence-corrected chi connectivity index (χ4v) is 6.28. The number of hydrogen-bond acceptors (Lipinski definition) is 4. The summed E-state index contributed by atoms with van der Waals surface area (Å²) in [5.41, 5.74) is 2.25. The van der Waals surface area contributed by atoms with Gasteiger partial charge in [0.1, 0.15) is 12.2 Å². The Balaban J connectivity index is 1.38. The quantitative estimate of drug-likeness (QED) is 0.705. The molecule has 7 rings (SSSR count). The Hall–Kier alpha value is -2.56. The number of rotatable bonds is 3. The average molecular weight is 357 g/mol. The van der Waals surface area contributed by atoms with E-state index >= 15 is 0 Å². The van der Waals surface area contributed by atoms with Gasteiger partial charge in [-0.1, -0.05) is 12.1 Å². The molecule has 27 heavy (non-hydrogen) atoms. The molecule has 0 N–H and O–H groups in total.